The van der Waals surface area contributed by atoms with E-state index in [-0.39, 0.29) is 16.5 Å². The Kier molecular flexibility index (Phi) is 3.33. The van der Waals surface area contributed by atoms with Crippen LogP contribution in [-0.2, 0) is 0 Å². The number of benzene rings is 2. The van der Waals surface area contributed by atoms with Crippen LogP contribution in [0.15, 0.2) is 42.5 Å². The van der Waals surface area contributed by atoms with Crippen LogP contribution in [0.2, 0.25) is 0 Å². The lowest BCUT2D eigenvalue weighted by Crippen LogP contribution is -2.02. The lowest BCUT2D eigenvalue weighted by molar-refractivity contribution is 0.0699. The molecule has 0 aliphatic heterocycles. The maximum absolute atomic E-state index is 14.0. The number of carbonyl (C=O) groups is 1. The van der Waals surface area contributed by atoms with E-state index in [2.05, 4.69) is 4.98 Å². The van der Waals surface area contributed by atoms with E-state index >= 15 is 0 Å². The highest BCUT2D eigenvalue weighted by Crippen LogP contribution is 2.27. The summed E-state index contributed by atoms with van der Waals surface area (Å²) in [5, 5.41) is 9.26. The number of carboxylic acids is 1. The maximum Gasteiger partial charge on any atom is 0.336 e. The fourth-order valence-corrected chi connectivity index (χ4v) is 2.38. The lowest BCUT2D eigenvalue weighted by Gasteiger charge is -2.08. The minimum absolute atomic E-state index is 0.0543. The Hall–Kier alpha value is -2.82. The summed E-state index contributed by atoms with van der Waals surface area (Å²) < 4.78 is 27.3. The average molecular weight is 299 g/mol. The smallest absolute Gasteiger partial charge is 0.336 e. The summed E-state index contributed by atoms with van der Waals surface area (Å²) in [6, 6.07) is 10.3. The molecule has 3 aromatic rings. The van der Waals surface area contributed by atoms with Gasteiger partial charge in [0.2, 0.25) is 0 Å². The molecule has 3 nitrogen and oxygen atoms in total. The Morgan fingerprint density at radius 1 is 1.14 bits per heavy atom. The first-order chi connectivity index (χ1) is 10.5. The van der Waals surface area contributed by atoms with Crippen LogP contribution in [0.25, 0.3) is 22.2 Å². The van der Waals surface area contributed by atoms with Crippen molar-refractivity contribution in [3.8, 4) is 11.3 Å². The van der Waals surface area contributed by atoms with E-state index in [1.165, 1.54) is 6.07 Å². The van der Waals surface area contributed by atoms with Gasteiger partial charge >= 0.3 is 5.97 Å². The summed E-state index contributed by atoms with van der Waals surface area (Å²) in [6.07, 6.45) is 0. The number of rotatable bonds is 2. The highest BCUT2D eigenvalue weighted by molar-refractivity contribution is 6.03. The van der Waals surface area contributed by atoms with Gasteiger partial charge in [-0.05, 0) is 25.1 Å². The molecule has 22 heavy (non-hydrogen) atoms. The lowest BCUT2D eigenvalue weighted by atomic mass is 10.0. The van der Waals surface area contributed by atoms with Crippen molar-refractivity contribution in [3.05, 3.63) is 65.2 Å². The molecule has 0 saturated heterocycles. The Balaban J connectivity index is 2.37. The number of halogens is 2. The molecule has 0 aliphatic carbocycles. The van der Waals surface area contributed by atoms with E-state index in [4.69, 9.17) is 0 Å². The van der Waals surface area contributed by atoms with E-state index in [0.717, 1.165) is 11.6 Å². The molecule has 2 aromatic carbocycles. The van der Waals surface area contributed by atoms with Gasteiger partial charge in [0.05, 0.1) is 11.3 Å². The molecule has 3 rings (SSSR count). The second-order valence-electron chi connectivity index (χ2n) is 5.01. The van der Waals surface area contributed by atoms with Crippen molar-refractivity contribution >= 4 is 16.9 Å². The monoisotopic (exact) mass is 299 g/mol. The second kappa shape index (κ2) is 5.18. The third-order valence-corrected chi connectivity index (χ3v) is 3.38. The molecule has 0 unspecified atom stereocenters. The number of carboxylic acid groups (broad SMARTS) is 1. The van der Waals surface area contributed by atoms with Gasteiger partial charge in [-0.15, -0.1) is 0 Å². The first kappa shape index (κ1) is 14.1. The molecule has 0 bridgehead atoms. The zero-order valence-electron chi connectivity index (χ0n) is 11.6. The molecule has 0 aliphatic rings. The quantitative estimate of drug-likeness (QED) is 0.772. The summed E-state index contributed by atoms with van der Waals surface area (Å²) in [6.45, 7) is 1.89. The zero-order valence-corrected chi connectivity index (χ0v) is 11.6. The van der Waals surface area contributed by atoms with Gasteiger partial charge in [0.1, 0.15) is 11.3 Å². The van der Waals surface area contributed by atoms with E-state index < -0.39 is 17.6 Å². The number of pyridine rings is 1. The molecular formula is C17H11F2NO2. The van der Waals surface area contributed by atoms with Crippen molar-refractivity contribution in [1.82, 2.24) is 4.98 Å². The second-order valence-corrected chi connectivity index (χ2v) is 5.01. The first-order valence-corrected chi connectivity index (χ1v) is 6.56. The number of fused-ring (bicyclic) bond motifs is 1. The molecule has 0 radical (unpaired) electrons. The zero-order chi connectivity index (χ0) is 15.9. The molecule has 0 spiro atoms. The van der Waals surface area contributed by atoms with Crippen molar-refractivity contribution in [2.75, 3.05) is 0 Å². The molecular weight excluding hydrogens is 288 g/mol. The van der Waals surface area contributed by atoms with Gasteiger partial charge in [-0.3, -0.25) is 0 Å². The maximum atomic E-state index is 14.0. The first-order valence-electron chi connectivity index (χ1n) is 6.56. The van der Waals surface area contributed by atoms with Gasteiger partial charge in [0.25, 0.3) is 0 Å². The minimum Gasteiger partial charge on any atom is -0.478 e. The van der Waals surface area contributed by atoms with Crippen LogP contribution < -0.4 is 0 Å². The number of nitrogens with zero attached hydrogens (tertiary/aromatic N) is 1. The highest BCUT2D eigenvalue weighted by Gasteiger charge is 2.16. The molecule has 5 heteroatoms. The third-order valence-electron chi connectivity index (χ3n) is 3.38. The fraction of sp³-hybridized carbons (Fsp3) is 0.0588. The number of aromatic nitrogens is 1. The summed E-state index contributed by atoms with van der Waals surface area (Å²) >= 11 is 0. The normalized spacial score (nSPS) is 10.9. The highest BCUT2D eigenvalue weighted by atomic mass is 19.1. The molecule has 0 saturated carbocycles. The number of aromatic carboxylic acids is 1. The van der Waals surface area contributed by atoms with Crippen molar-refractivity contribution in [3.63, 3.8) is 0 Å². The van der Waals surface area contributed by atoms with E-state index in [1.54, 1.807) is 12.1 Å². The Labute approximate surface area is 124 Å². The van der Waals surface area contributed by atoms with E-state index in [1.807, 2.05) is 19.1 Å². The molecule has 1 N–H and O–H groups in total. The van der Waals surface area contributed by atoms with Crippen molar-refractivity contribution in [2.24, 2.45) is 0 Å². The van der Waals surface area contributed by atoms with Crippen molar-refractivity contribution < 1.29 is 18.7 Å². The van der Waals surface area contributed by atoms with Gasteiger partial charge in [0, 0.05) is 17.0 Å². The molecule has 0 atom stereocenters. The van der Waals surface area contributed by atoms with Crippen LogP contribution in [0.1, 0.15) is 15.9 Å². The molecule has 110 valence electrons. The van der Waals surface area contributed by atoms with Crippen LogP contribution in [-0.4, -0.2) is 16.1 Å². The standard InChI is InChI=1S/C17H11F2NO2/c1-9-3-2-4-10(5-9)15-8-13(17(21)22)12-6-11(18)7-14(19)16(12)20-15/h2-8H,1H3,(H,21,22). The molecule has 0 fully saturated rings. The van der Waals surface area contributed by atoms with Gasteiger partial charge in [0.15, 0.2) is 5.82 Å². The van der Waals surface area contributed by atoms with Crippen LogP contribution in [0.3, 0.4) is 0 Å². The van der Waals surface area contributed by atoms with Crippen LogP contribution in [0, 0.1) is 18.6 Å². The predicted octanol–water partition coefficient (Wildman–Crippen LogP) is 4.19. The third kappa shape index (κ3) is 2.41. The average Bonchev–Trinajstić information content (AvgIpc) is 2.46. The summed E-state index contributed by atoms with van der Waals surface area (Å²) in [5.41, 5.74) is 1.64. The minimum atomic E-state index is -1.26. The van der Waals surface area contributed by atoms with Crippen molar-refractivity contribution in [1.29, 1.82) is 0 Å². The van der Waals surface area contributed by atoms with E-state index in [9.17, 15) is 18.7 Å². The predicted molar refractivity (Wildman–Crippen MR) is 78.8 cm³/mol. The van der Waals surface area contributed by atoms with Crippen LogP contribution >= 0.6 is 0 Å². The van der Waals surface area contributed by atoms with Gasteiger partial charge in [-0.1, -0.05) is 23.8 Å². The Morgan fingerprint density at radius 3 is 2.59 bits per heavy atom. The summed E-state index contributed by atoms with van der Waals surface area (Å²) in [4.78, 5) is 15.6. The van der Waals surface area contributed by atoms with Crippen LogP contribution in [0.4, 0.5) is 8.78 Å². The fourth-order valence-electron chi connectivity index (χ4n) is 2.38. The number of hydrogen-bond donors (Lipinski definition) is 1. The Morgan fingerprint density at radius 2 is 1.91 bits per heavy atom. The summed E-state index contributed by atoms with van der Waals surface area (Å²) in [7, 11) is 0. The molecule has 0 amide bonds. The SMILES string of the molecule is Cc1cccc(-c2cc(C(=O)O)c3cc(F)cc(F)c3n2)c1. The van der Waals surface area contributed by atoms with Gasteiger partial charge < -0.3 is 5.11 Å². The largest absolute Gasteiger partial charge is 0.478 e. The van der Waals surface area contributed by atoms with Crippen LogP contribution in [0.5, 0.6) is 0 Å². The topological polar surface area (TPSA) is 50.2 Å². The van der Waals surface area contributed by atoms with Gasteiger partial charge in [-0.25, -0.2) is 18.6 Å². The van der Waals surface area contributed by atoms with E-state index in [0.29, 0.717) is 17.3 Å². The number of hydrogen-bond acceptors (Lipinski definition) is 2. The number of aryl methyl sites for hydroxylation is 1. The summed E-state index contributed by atoms with van der Waals surface area (Å²) in [5.74, 6) is -2.98. The van der Waals surface area contributed by atoms with Crippen molar-refractivity contribution in [2.45, 2.75) is 6.92 Å². The Bertz CT molecular complexity index is 907. The molecule has 1 heterocycles. The molecule has 1 aromatic heterocycles. The van der Waals surface area contributed by atoms with Gasteiger partial charge in [-0.2, -0.15) is 0 Å².